The van der Waals surface area contributed by atoms with Crippen LogP contribution in [-0.2, 0) is 11.3 Å². The third-order valence-corrected chi connectivity index (χ3v) is 5.60. The van der Waals surface area contributed by atoms with Crippen LogP contribution in [0.15, 0.2) is 35.1 Å². The minimum atomic E-state index is -0.361. The van der Waals surface area contributed by atoms with Gasteiger partial charge in [-0.25, -0.2) is 4.68 Å². The van der Waals surface area contributed by atoms with Crippen LogP contribution >= 0.6 is 11.3 Å². The molecule has 1 aromatic carbocycles. The first kappa shape index (κ1) is 19.0. The van der Waals surface area contributed by atoms with Crippen LogP contribution in [0.2, 0.25) is 0 Å². The Kier molecular flexibility index (Phi) is 4.75. The van der Waals surface area contributed by atoms with Gasteiger partial charge in [0, 0.05) is 16.6 Å². The van der Waals surface area contributed by atoms with Gasteiger partial charge in [-0.1, -0.05) is 0 Å². The fraction of sp³-hybridized carbons (Fsp3) is 0.250. The number of benzene rings is 1. The number of aromatic nitrogens is 3. The lowest BCUT2D eigenvalue weighted by molar-refractivity contribution is -0.117. The van der Waals surface area contributed by atoms with Gasteiger partial charge in [0.15, 0.2) is 11.5 Å². The van der Waals surface area contributed by atoms with Crippen molar-refractivity contribution in [3.05, 3.63) is 51.4 Å². The Bertz CT molecular complexity index is 1300. The number of amides is 1. The van der Waals surface area contributed by atoms with E-state index in [0.29, 0.717) is 28.5 Å². The van der Waals surface area contributed by atoms with Crippen molar-refractivity contribution >= 4 is 38.7 Å². The van der Waals surface area contributed by atoms with E-state index in [4.69, 9.17) is 9.47 Å². The summed E-state index contributed by atoms with van der Waals surface area (Å²) in [4.78, 5) is 26.6. The van der Waals surface area contributed by atoms with Gasteiger partial charge in [0.1, 0.15) is 17.9 Å². The number of methoxy groups -OCH3 is 2. The Balaban J connectivity index is 1.63. The zero-order chi connectivity index (χ0) is 20.7. The molecular weight excluding hydrogens is 392 g/mol. The number of carbonyl (C=O) groups excluding carboxylic acids is 1. The van der Waals surface area contributed by atoms with E-state index in [1.807, 2.05) is 30.4 Å². The van der Waals surface area contributed by atoms with Gasteiger partial charge in [-0.15, -0.1) is 11.3 Å². The number of rotatable bonds is 5. The second kappa shape index (κ2) is 7.25. The molecular formula is C20H20N4O4S. The van der Waals surface area contributed by atoms with Crippen LogP contribution in [0.5, 0.6) is 11.5 Å². The van der Waals surface area contributed by atoms with Gasteiger partial charge in [0.2, 0.25) is 5.91 Å². The molecule has 0 saturated heterocycles. The predicted molar refractivity (Wildman–Crippen MR) is 112 cm³/mol. The minimum Gasteiger partial charge on any atom is -0.493 e. The maximum Gasteiger partial charge on any atom is 0.291 e. The number of ether oxygens (including phenoxy) is 2. The summed E-state index contributed by atoms with van der Waals surface area (Å²) in [5, 5.41) is 7.10. The summed E-state index contributed by atoms with van der Waals surface area (Å²) in [6.45, 7) is 3.66. The Morgan fingerprint density at radius 1 is 1.10 bits per heavy atom. The number of carbonyl (C=O) groups is 1. The third kappa shape index (κ3) is 3.33. The molecule has 0 aliphatic rings. The minimum absolute atomic E-state index is 0.192. The summed E-state index contributed by atoms with van der Waals surface area (Å²) in [6, 6.07) is 8.95. The van der Waals surface area contributed by atoms with Crippen LogP contribution in [0.3, 0.4) is 0 Å². The molecule has 1 N–H and O–H groups in total. The molecule has 0 atom stereocenters. The number of hydrogen-bond acceptors (Lipinski definition) is 6. The lowest BCUT2D eigenvalue weighted by Gasteiger charge is -2.11. The lowest BCUT2D eigenvalue weighted by Crippen LogP contribution is -2.31. The number of hydrogen-bond donors (Lipinski definition) is 1. The highest BCUT2D eigenvalue weighted by molar-refractivity contribution is 7.19. The molecule has 0 aliphatic heterocycles. The van der Waals surface area contributed by atoms with Crippen LogP contribution in [0.4, 0.5) is 5.69 Å². The maximum absolute atomic E-state index is 12.9. The van der Waals surface area contributed by atoms with Gasteiger partial charge in [-0.05, 0) is 38.1 Å². The molecule has 0 saturated carbocycles. The highest BCUT2D eigenvalue weighted by atomic mass is 32.1. The van der Waals surface area contributed by atoms with Crippen molar-refractivity contribution in [1.82, 2.24) is 14.2 Å². The summed E-state index contributed by atoms with van der Waals surface area (Å²) in [5.41, 5.74) is 1.71. The topological polar surface area (TPSA) is 86.9 Å². The number of fused-ring (bicyclic) bond motifs is 3. The van der Waals surface area contributed by atoms with E-state index in [9.17, 15) is 9.59 Å². The van der Waals surface area contributed by atoms with Crippen molar-refractivity contribution < 1.29 is 14.3 Å². The van der Waals surface area contributed by atoms with Crippen molar-refractivity contribution in [2.75, 3.05) is 19.5 Å². The number of nitrogens with zero attached hydrogens (tertiary/aromatic N) is 3. The maximum atomic E-state index is 12.9. The predicted octanol–water partition coefficient (Wildman–Crippen LogP) is 2.98. The molecule has 4 aromatic rings. The van der Waals surface area contributed by atoms with Crippen molar-refractivity contribution in [3.63, 3.8) is 0 Å². The molecule has 9 heteroatoms. The summed E-state index contributed by atoms with van der Waals surface area (Å²) in [6.07, 6.45) is 0. The van der Waals surface area contributed by atoms with Gasteiger partial charge in [-0.2, -0.15) is 5.10 Å². The zero-order valence-electron chi connectivity index (χ0n) is 16.5. The highest BCUT2D eigenvalue weighted by Gasteiger charge is 2.16. The van der Waals surface area contributed by atoms with Crippen LogP contribution in [-0.4, -0.2) is 34.3 Å². The first-order chi connectivity index (χ1) is 13.9. The molecule has 0 spiro atoms. The van der Waals surface area contributed by atoms with E-state index in [1.165, 1.54) is 16.7 Å². The molecule has 0 fully saturated rings. The number of anilines is 1. The van der Waals surface area contributed by atoms with Gasteiger partial charge < -0.3 is 14.8 Å². The van der Waals surface area contributed by atoms with Gasteiger partial charge in [-0.3, -0.25) is 14.0 Å². The molecule has 150 valence electrons. The molecule has 3 aromatic heterocycles. The van der Waals surface area contributed by atoms with Crippen LogP contribution in [0, 0.1) is 13.8 Å². The zero-order valence-corrected chi connectivity index (χ0v) is 17.3. The quantitative estimate of drug-likeness (QED) is 0.545. The standard InChI is InChI=1S/C20H20N4O4S/c1-11-7-14-18(29-11)9-15-20(26)23(22-12(2)24(14)15)10-19(25)21-13-5-6-16(27-3)17(8-13)28-4/h5-9H,10H2,1-4H3,(H,21,25). The molecule has 29 heavy (non-hydrogen) atoms. The lowest BCUT2D eigenvalue weighted by atomic mass is 10.2. The molecule has 0 aliphatic carbocycles. The average molecular weight is 412 g/mol. The second-order valence-electron chi connectivity index (χ2n) is 6.60. The monoisotopic (exact) mass is 412 g/mol. The highest BCUT2D eigenvalue weighted by Crippen LogP contribution is 2.30. The largest absolute Gasteiger partial charge is 0.493 e. The summed E-state index contributed by atoms with van der Waals surface area (Å²) in [5.74, 6) is 1.35. The van der Waals surface area contributed by atoms with Crippen molar-refractivity contribution in [3.8, 4) is 11.5 Å². The second-order valence-corrected chi connectivity index (χ2v) is 7.89. The van der Waals surface area contributed by atoms with Crippen LogP contribution < -0.4 is 20.3 Å². The molecule has 8 nitrogen and oxygen atoms in total. The van der Waals surface area contributed by atoms with E-state index in [2.05, 4.69) is 10.4 Å². The third-order valence-electron chi connectivity index (χ3n) is 4.62. The Morgan fingerprint density at radius 2 is 1.86 bits per heavy atom. The Labute approximate surface area is 170 Å². The molecule has 0 unspecified atom stereocenters. The van der Waals surface area contributed by atoms with Gasteiger partial charge in [0.05, 0.1) is 24.4 Å². The summed E-state index contributed by atoms with van der Waals surface area (Å²) >= 11 is 1.63. The van der Waals surface area contributed by atoms with Crippen molar-refractivity contribution in [2.45, 2.75) is 20.4 Å². The Hall–Kier alpha value is -3.33. The average Bonchev–Trinajstić information content (AvgIpc) is 3.21. The summed E-state index contributed by atoms with van der Waals surface area (Å²) in [7, 11) is 3.06. The van der Waals surface area contributed by atoms with E-state index in [0.717, 1.165) is 10.2 Å². The molecule has 0 radical (unpaired) electrons. The normalized spacial score (nSPS) is 11.2. The van der Waals surface area contributed by atoms with E-state index < -0.39 is 0 Å². The molecule has 4 rings (SSSR count). The fourth-order valence-corrected chi connectivity index (χ4v) is 4.32. The van der Waals surface area contributed by atoms with Crippen LogP contribution in [0.1, 0.15) is 10.7 Å². The smallest absolute Gasteiger partial charge is 0.291 e. The SMILES string of the molecule is COc1ccc(NC(=O)Cn2nc(C)n3c(cc4sc(C)cc43)c2=O)cc1OC. The number of thiophene rings is 1. The summed E-state index contributed by atoms with van der Waals surface area (Å²) < 4.78 is 14.5. The first-order valence-corrected chi connectivity index (χ1v) is 9.74. The number of aryl methyl sites for hydroxylation is 2. The molecule has 1 amide bonds. The van der Waals surface area contributed by atoms with Crippen molar-refractivity contribution in [2.24, 2.45) is 0 Å². The van der Waals surface area contributed by atoms with Gasteiger partial charge >= 0.3 is 0 Å². The van der Waals surface area contributed by atoms with Crippen molar-refractivity contribution in [1.29, 1.82) is 0 Å². The van der Waals surface area contributed by atoms with Gasteiger partial charge in [0.25, 0.3) is 5.56 Å². The molecule has 3 heterocycles. The first-order valence-electron chi connectivity index (χ1n) is 8.92. The molecule has 0 bridgehead atoms. The number of nitrogens with one attached hydrogen (secondary N) is 1. The van der Waals surface area contributed by atoms with Crippen LogP contribution in [0.25, 0.3) is 15.7 Å². The van der Waals surface area contributed by atoms with E-state index >= 15 is 0 Å². The van der Waals surface area contributed by atoms with E-state index in [1.54, 1.807) is 36.6 Å². The Morgan fingerprint density at radius 3 is 2.59 bits per heavy atom. The fourth-order valence-electron chi connectivity index (χ4n) is 3.38. The van der Waals surface area contributed by atoms with E-state index in [-0.39, 0.29) is 18.0 Å².